The fourth-order valence-corrected chi connectivity index (χ4v) is 4.72. The molecule has 5 heteroatoms. The van der Waals surface area contributed by atoms with Crippen LogP contribution in [0.4, 0.5) is 4.79 Å². The molecule has 3 aliphatic rings. The molecular weight excluding hydrogens is 280 g/mol. The maximum Gasteiger partial charge on any atom is 0.315 e. The van der Waals surface area contributed by atoms with Crippen LogP contribution in [0.25, 0.3) is 0 Å². The van der Waals surface area contributed by atoms with Gasteiger partial charge in [-0.05, 0) is 31.1 Å². The first-order valence-electron chi connectivity index (χ1n) is 8.65. The predicted octanol–water partition coefficient (Wildman–Crippen LogP) is 2.04. The third kappa shape index (κ3) is 2.73. The predicted molar refractivity (Wildman–Crippen MR) is 84.5 cm³/mol. The van der Waals surface area contributed by atoms with Crippen LogP contribution in [-0.4, -0.2) is 42.5 Å². The monoisotopic (exact) mass is 310 g/mol. The molecule has 126 valence electrons. The largest absolute Gasteiger partial charge is 0.394 e. The Morgan fingerprint density at radius 3 is 2.68 bits per heavy atom. The summed E-state index contributed by atoms with van der Waals surface area (Å²) in [4.78, 5) is 12.3. The number of carbonyl (C=O) groups is 1. The molecule has 3 fully saturated rings. The summed E-state index contributed by atoms with van der Waals surface area (Å²) in [7, 11) is 0. The lowest BCUT2D eigenvalue weighted by Gasteiger charge is -2.63. The zero-order valence-electron chi connectivity index (χ0n) is 14.0. The van der Waals surface area contributed by atoms with Crippen LogP contribution in [0, 0.1) is 16.7 Å². The number of urea groups is 1. The fourth-order valence-electron chi connectivity index (χ4n) is 4.72. The second-order valence-electron chi connectivity index (χ2n) is 8.57. The summed E-state index contributed by atoms with van der Waals surface area (Å²) in [6.07, 6.45) is 5.78. The molecule has 0 aromatic carbocycles. The van der Waals surface area contributed by atoms with Crippen molar-refractivity contribution < 1.29 is 14.6 Å². The third-order valence-corrected chi connectivity index (χ3v) is 5.74. The molecule has 2 amide bonds. The number of rotatable bonds is 4. The van der Waals surface area contributed by atoms with Gasteiger partial charge in [-0.15, -0.1) is 0 Å². The molecule has 0 aromatic rings. The highest BCUT2D eigenvalue weighted by Crippen LogP contribution is 2.62. The van der Waals surface area contributed by atoms with Gasteiger partial charge in [-0.1, -0.05) is 27.2 Å². The topological polar surface area (TPSA) is 70.6 Å². The molecule has 0 aromatic heterocycles. The average Bonchev–Trinajstić information content (AvgIpc) is 2.77. The van der Waals surface area contributed by atoms with E-state index in [2.05, 4.69) is 31.4 Å². The van der Waals surface area contributed by atoms with Gasteiger partial charge in [0, 0.05) is 24.0 Å². The summed E-state index contributed by atoms with van der Waals surface area (Å²) in [5.74, 6) is 0.487. The molecule has 5 nitrogen and oxygen atoms in total. The molecular formula is C17H30N2O3. The van der Waals surface area contributed by atoms with Gasteiger partial charge in [-0.25, -0.2) is 4.79 Å². The minimum absolute atomic E-state index is 0.0182. The van der Waals surface area contributed by atoms with E-state index in [9.17, 15) is 9.90 Å². The van der Waals surface area contributed by atoms with Crippen LogP contribution >= 0.6 is 0 Å². The summed E-state index contributed by atoms with van der Waals surface area (Å²) >= 11 is 0. The van der Waals surface area contributed by atoms with Crippen LogP contribution in [-0.2, 0) is 4.74 Å². The van der Waals surface area contributed by atoms with E-state index in [4.69, 9.17) is 4.74 Å². The first-order chi connectivity index (χ1) is 10.4. The SMILES string of the molecule is CC(C)(C)CC(CO)NC(=O)NC1C2CCOC2C12CCC2. The average molecular weight is 310 g/mol. The molecule has 0 radical (unpaired) electrons. The van der Waals surface area contributed by atoms with Crippen molar-refractivity contribution in [2.45, 2.75) is 71.1 Å². The first kappa shape index (κ1) is 16.1. The van der Waals surface area contributed by atoms with Gasteiger partial charge in [0.1, 0.15) is 0 Å². The molecule has 1 saturated heterocycles. The van der Waals surface area contributed by atoms with Gasteiger partial charge < -0.3 is 20.5 Å². The Labute approximate surface area is 133 Å². The standard InChI is InChI=1S/C17H30N2O3/c1-16(2,3)9-11(10-20)18-15(21)19-13-12-5-8-22-14(12)17(13)6-4-7-17/h11-14,20H,4-10H2,1-3H3,(H2,18,19,21). The van der Waals surface area contributed by atoms with E-state index in [0.29, 0.717) is 12.0 Å². The highest BCUT2D eigenvalue weighted by Gasteiger charge is 2.67. The van der Waals surface area contributed by atoms with Gasteiger partial charge in [0.25, 0.3) is 0 Å². The summed E-state index contributed by atoms with van der Waals surface area (Å²) in [6, 6.07) is -0.0688. The van der Waals surface area contributed by atoms with Crippen LogP contribution in [0.5, 0.6) is 0 Å². The van der Waals surface area contributed by atoms with Crippen molar-refractivity contribution in [3.63, 3.8) is 0 Å². The highest BCUT2D eigenvalue weighted by atomic mass is 16.5. The van der Waals surface area contributed by atoms with Crippen LogP contribution in [0.1, 0.15) is 52.9 Å². The molecule has 4 atom stereocenters. The zero-order valence-corrected chi connectivity index (χ0v) is 14.0. The lowest BCUT2D eigenvalue weighted by Crippen LogP contribution is -2.72. The molecule has 2 saturated carbocycles. The number of ether oxygens (including phenoxy) is 1. The minimum Gasteiger partial charge on any atom is -0.394 e. The maximum atomic E-state index is 12.3. The number of carbonyl (C=O) groups excluding carboxylic acids is 1. The third-order valence-electron chi connectivity index (χ3n) is 5.74. The number of fused-ring (bicyclic) bond motifs is 2. The molecule has 3 rings (SSSR count). The molecule has 3 N–H and O–H groups in total. The summed E-state index contributed by atoms with van der Waals surface area (Å²) < 4.78 is 5.88. The van der Waals surface area contributed by atoms with E-state index in [0.717, 1.165) is 19.4 Å². The van der Waals surface area contributed by atoms with Crippen LogP contribution < -0.4 is 10.6 Å². The van der Waals surface area contributed by atoms with Crippen molar-refractivity contribution in [2.24, 2.45) is 16.7 Å². The van der Waals surface area contributed by atoms with E-state index in [1.165, 1.54) is 19.3 Å². The normalized spacial score (nSPS) is 33.5. The van der Waals surface area contributed by atoms with Crippen molar-refractivity contribution in [3.05, 3.63) is 0 Å². The Morgan fingerprint density at radius 2 is 2.14 bits per heavy atom. The second kappa shape index (κ2) is 5.68. The minimum atomic E-state index is -0.187. The smallest absolute Gasteiger partial charge is 0.315 e. The molecule has 1 heterocycles. The van der Waals surface area contributed by atoms with E-state index < -0.39 is 0 Å². The molecule has 1 aliphatic heterocycles. The molecule has 2 aliphatic carbocycles. The lowest BCUT2D eigenvalue weighted by atomic mass is 9.46. The van der Waals surface area contributed by atoms with Crippen molar-refractivity contribution in [1.82, 2.24) is 10.6 Å². The Morgan fingerprint density at radius 1 is 1.41 bits per heavy atom. The number of hydrogen-bond acceptors (Lipinski definition) is 3. The van der Waals surface area contributed by atoms with Gasteiger partial charge in [-0.2, -0.15) is 0 Å². The fraction of sp³-hybridized carbons (Fsp3) is 0.941. The maximum absolute atomic E-state index is 12.3. The Hall–Kier alpha value is -0.810. The number of hydrogen-bond donors (Lipinski definition) is 3. The van der Waals surface area contributed by atoms with E-state index in [-0.39, 0.29) is 35.6 Å². The van der Waals surface area contributed by atoms with Crippen molar-refractivity contribution in [3.8, 4) is 0 Å². The quantitative estimate of drug-likeness (QED) is 0.744. The molecule has 4 unspecified atom stereocenters. The number of nitrogens with one attached hydrogen (secondary N) is 2. The highest BCUT2D eigenvalue weighted by molar-refractivity contribution is 5.75. The van der Waals surface area contributed by atoms with Crippen molar-refractivity contribution >= 4 is 6.03 Å². The van der Waals surface area contributed by atoms with Crippen LogP contribution in [0.2, 0.25) is 0 Å². The van der Waals surface area contributed by atoms with E-state index >= 15 is 0 Å². The summed E-state index contributed by atoms with van der Waals surface area (Å²) in [5, 5.41) is 15.6. The van der Waals surface area contributed by atoms with Crippen LogP contribution in [0.15, 0.2) is 0 Å². The Bertz CT molecular complexity index is 428. The summed E-state index contributed by atoms with van der Waals surface area (Å²) in [6.45, 7) is 7.16. The lowest BCUT2D eigenvalue weighted by molar-refractivity contribution is -0.172. The van der Waals surface area contributed by atoms with Gasteiger partial charge in [0.15, 0.2) is 0 Å². The number of aliphatic hydroxyl groups excluding tert-OH is 1. The zero-order chi connectivity index (χ0) is 16.0. The first-order valence-corrected chi connectivity index (χ1v) is 8.65. The molecule has 0 bridgehead atoms. The molecule has 1 spiro atoms. The van der Waals surface area contributed by atoms with Gasteiger partial charge in [-0.3, -0.25) is 0 Å². The second-order valence-corrected chi connectivity index (χ2v) is 8.57. The van der Waals surface area contributed by atoms with Gasteiger partial charge in [0.05, 0.1) is 18.8 Å². The van der Waals surface area contributed by atoms with Crippen molar-refractivity contribution in [2.75, 3.05) is 13.2 Å². The van der Waals surface area contributed by atoms with Crippen molar-refractivity contribution in [1.29, 1.82) is 0 Å². The molecule has 22 heavy (non-hydrogen) atoms. The Kier molecular flexibility index (Phi) is 4.14. The van der Waals surface area contributed by atoms with E-state index in [1.54, 1.807) is 0 Å². The van der Waals surface area contributed by atoms with E-state index in [1.807, 2.05) is 0 Å². The number of amides is 2. The Balaban J connectivity index is 1.55. The van der Waals surface area contributed by atoms with Crippen LogP contribution in [0.3, 0.4) is 0 Å². The van der Waals surface area contributed by atoms with Gasteiger partial charge in [0.2, 0.25) is 0 Å². The van der Waals surface area contributed by atoms with Gasteiger partial charge >= 0.3 is 6.03 Å². The number of aliphatic hydroxyl groups is 1. The summed E-state index contributed by atoms with van der Waals surface area (Å²) in [5.41, 5.74) is 0.286.